The van der Waals surface area contributed by atoms with Crippen molar-refractivity contribution in [1.29, 1.82) is 0 Å². The van der Waals surface area contributed by atoms with Gasteiger partial charge in [-0.15, -0.1) is 0 Å². The first-order valence-corrected chi connectivity index (χ1v) is 16.6. The third kappa shape index (κ3) is 7.71. The number of ketones is 2. The average molecular weight is 653 g/mol. The molecule has 1 amide bonds. The Hall–Kier alpha value is -3.81. The fourth-order valence-electron chi connectivity index (χ4n) is 5.72. The Morgan fingerprint density at radius 2 is 1.22 bits per heavy atom. The Labute approximate surface area is 267 Å². The number of nitrogens with zero attached hydrogens (tertiary/aromatic N) is 4. The number of alkyl halides is 2. The molecular weight excluding hydrogens is 619 g/mol. The summed E-state index contributed by atoms with van der Waals surface area (Å²) >= 11 is 3.41. The predicted molar refractivity (Wildman–Crippen MR) is 168 cm³/mol. The minimum atomic E-state index is -3.14. The van der Waals surface area contributed by atoms with Crippen LogP contribution in [-0.4, -0.2) is 56.9 Å². The predicted octanol–water partition coefficient (Wildman–Crippen LogP) is 5.11. The molecule has 4 aromatic heterocycles. The number of amides is 1. The van der Waals surface area contributed by atoms with Crippen LogP contribution in [0.15, 0.2) is 58.4 Å². The van der Waals surface area contributed by atoms with E-state index in [0.717, 1.165) is 25.1 Å². The first-order chi connectivity index (χ1) is 21.7. The number of carbonyl (C=O) groups excluding carboxylic acids is 3. The van der Waals surface area contributed by atoms with Crippen LogP contribution in [0.25, 0.3) is 0 Å². The Balaban J connectivity index is 0.000000182. The van der Waals surface area contributed by atoms with E-state index in [1.165, 1.54) is 49.2 Å². The lowest BCUT2D eigenvalue weighted by atomic mass is 9.63. The van der Waals surface area contributed by atoms with Crippen molar-refractivity contribution in [3.8, 4) is 0 Å². The summed E-state index contributed by atoms with van der Waals surface area (Å²) in [6.45, 7) is -0.494. The lowest BCUT2D eigenvalue weighted by Crippen LogP contribution is -2.36. The Bertz CT molecular complexity index is 1570. The van der Waals surface area contributed by atoms with Gasteiger partial charge in [0.25, 0.3) is 5.91 Å². The van der Waals surface area contributed by atoms with Gasteiger partial charge in [0.05, 0.1) is 24.2 Å². The molecule has 9 nitrogen and oxygen atoms in total. The van der Waals surface area contributed by atoms with Crippen LogP contribution in [0.5, 0.6) is 0 Å². The van der Waals surface area contributed by atoms with Crippen LogP contribution in [0.1, 0.15) is 82.0 Å². The van der Waals surface area contributed by atoms with Gasteiger partial charge in [-0.05, 0) is 70.5 Å². The number of halogens is 2. The number of Topliss-reactive ketones (excluding diaryl/α,β-unsaturated/α-hetero) is 2. The van der Waals surface area contributed by atoms with Crippen LogP contribution >= 0.6 is 22.7 Å². The summed E-state index contributed by atoms with van der Waals surface area (Å²) in [4.78, 5) is 51.3. The number of carbonyl (C=O) groups is 3. The highest BCUT2D eigenvalue weighted by Gasteiger charge is 2.40. The van der Waals surface area contributed by atoms with Gasteiger partial charge in [-0.2, -0.15) is 31.5 Å². The summed E-state index contributed by atoms with van der Waals surface area (Å²) in [6, 6.07) is 4.34. The monoisotopic (exact) mass is 652 g/mol. The van der Waals surface area contributed by atoms with Crippen LogP contribution in [0.3, 0.4) is 0 Å². The van der Waals surface area contributed by atoms with Crippen molar-refractivity contribution in [1.82, 2.24) is 25.3 Å². The van der Waals surface area contributed by atoms with Crippen LogP contribution in [0.2, 0.25) is 0 Å². The molecule has 0 saturated heterocycles. The Morgan fingerprint density at radius 1 is 0.778 bits per heavy atom. The van der Waals surface area contributed by atoms with Crippen molar-refractivity contribution in [3.05, 3.63) is 92.3 Å². The quantitative estimate of drug-likeness (QED) is 0.201. The summed E-state index contributed by atoms with van der Waals surface area (Å²) in [5, 5.41) is 10.4. The van der Waals surface area contributed by atoms with E-state index in [1.807, 2.05) is 5.32 Å². The fourth-order valence-corrected chi connectivity index (χ4v) is 7.28. The first kappa shape index (κ1) is 32.6. The normalized spacial score (nSPS) is 16.1. The molecule has 0 unspecified atom stereocenters. The molecule has 2 saturated carbocycles. The molecule has 236 valence electrons. The molecule has 45 heavy (non-hydrogen) atoms. The molecule has 4 heterocycles. The van der Waals surface area contributed by atoms with Crippen LogP contribution in [0.4, 0.5) is 8.78 Å². The van der Waals surface area contributed by atoms with Crippen molar-refractivity contribution in [2.24, 2.45) is 5.73 Å². The molecular formula is C32H34F2N6O3S2. The van der Waals surface area contributed by atoms with Crippen molar-refractivity contribution in [3.63, 3.8) is 0 Å². The van der Waals surface area contributed by atoms with Crippen molar-refractivity contribution in [2.75, 3.05) is 13.1 Å². The first-order valence-electron chi connectivity index (χ1n) is 14.7. The molecule has 13 heteroatoms. The van der Waals surface area contributed by atoms with Crippen LogP contribution in [-0.2, 0) is 28.5 Å². The maximum absolute atomic E-state index is 12.1. The van der Waals surface area contributed by atoms with E-state index < -0.39 is 24.7 Å². The molecule has 0 radical (unpaired) electrons. The Kier molecular flexibility index (Phi) is 10.5. The van der Waals surface area contributed by atoms with Crippen molar-refractivity contribution in [2.45, 2.75) is 68.6 Å². The zero-order valence-corrected chi connectivity index (χ0v) is 26.2. The van der Waals surface area contributed by atoms with Gasteiger partial charge >= 0.3 is 6.43 Å². The second-order valence-corrected chi connectivity index (χ2v) is 13.1. The minimum Gasteiger partial charge on any atom is -0.344 e. The second-order valence-electron chi connectivity index (χ2n) is 11.5. The van der Waals surface area contributed by atoms with E-state index in [9.17, 15) is 23.2 Å². The highest BCUT2D eigenvalue weighted by atomic mass is 32.1. The zero-order chi connectivity index (χ0) is 31.9. The fraction of sp³-hybridized carbons (Fsp3) is 0.406. The number of nitrogens with two attached hydrogens (primary N) is 1. The van der Waals surface area contributed by atoms with E-state index in [4.69, 9.17) is 5.73 Å². The molecule has 6 rings (SSSR count). The summed E-state index contributed by atoms with van der Waals surface area (Å²) in [5.41, 5.74) is 9.02. The van der Waals surface area contributed by atoms with Crippen LogP contribution in [0, 0.1) is 0 Å². The standard InChI is InChI=1S/C17H17F2N3O2S.C15H17N3OS/c18-15(19)16(24)22-9-13(23)11-7-20-14(21-8-11)6-17(3-1-4-17)12-2-5-25-10-12;16-7-13(19)11-8-17-14(18-9-11)6-15(3-1-4-15)12-2-5-20-10-12/h2,5,7-8,10,15H,1,3-4,6,9H2,(H,22,24);2,5,8-10H,1,3-4,6-7,16H2. The molecule has 2 aliphatic rings. The highest BCUT2D eigenvalue weighted by molar-refractivity contribution is 7.08. The summed E-state index contributed by atoms with van der Waals surface area (Å²) in [5.74, 6) is -0.624. The van der Waals surface area contributed by atoms with Crippen molar-refractivity contribution < 1.29 is 23.2 Å². The number of aromatic nitrogens is 4. The number of thiophene rings is 2. The van der Waals surface area contributed by atoms with E-state index in [0.29, 0.717) is 17.8 Å². The third-order valence-electron chi connectivity index (χ3n) is 8.74. The highest BCUT2D eigenvalue weighted by Crippen LogP contribution is 2.47. The topological polar surface area (TPSA) is 141 Å². The smallest absolute Gasteiger partial charge is 0.315 e. The zero-order valence-electron chi connectivity index (χ0n) is 24.6. The molecule has 0 aliphatic heterocycles. The largest absolute Gasteiger partial charge is 0.344 e. The van der Waals surface area contributed by atoms with Gasteiger partial charge in [-0.1, -0.05) is 12.8 Å². The summed E-state index contributed by atoms with van der Waals surface area (Å²) in [7, 11) is 0. The molecule has 2 aliphatic carbocycles. The molecule has 0 bridgehead atoms. The van der Waals surface area contributed by atoms with Gasteiger partial charge in [0.1, 0.15) is 11.6 Å². The SMILES string of the molecule is NCC(=O)c1cnc(CC2(c3ccsc3)CCC2)nc1.O=C(CNC(=O)C(F)F)c1cnc(CC2(c3ccsc3)CCC2)nc1. The number of hydrogen-bond acceptors (Lipinski definition) is 10. The lowest BCUT2D eigenvalue weighted by molar-refractivity contribution is -0.131. The van der Waals surface area contributed by atoms with E-state index in [2.05, 4.69) is 53.6 Å². The third-order valence-corrected chi connectivity index (χ3v) is 10.1. The Morgan fingerprint density at radius 3 is 1.56 bits per heavy atom. The molecule has 3 N–H and O–H groups in total. The van der Waals surface area contributed by atoms with Gasteiger partial charge in [-0.25, -0.2) is 19.9 Å². The number of rotatable bonds is 12. The molecule has 0 atom stereocenters. The van der Waals surface area contributed by atoms with Gasteiger partial charge in [-0.3, -0.25) is 14.4 Å². The van der Waals surface area contributed by atoms with Crippen molar-refractivity contribution >= 4 is 40.1 Å². The van der Waals surface area contributed by atoms with E-state index in [-0.39, 0.29) is 28.7 Å². The number of nitrogens with one attached hydrogen (secondary N) is 1. The summed E-state index contributed by atoms with van der Waals surface area (Å²) in [6.07, 6.45) is 11.4. The van der Waals surface area contributed by atoms with Gasteiger partial charge in [0, 0.05) is 48.5 Å². The molecule has 4 aromatic rings. The average Bonchev–Trinajstić information content (AvgIpc) is 3.76. The molecule has 0 aromatic carbocycles. The van der Waals surface area contributed by atoms with Gasteiger partial charge in [0.2, 0.25) is 0 Å². The number of hydrogen-bond donors (Lipinski definition) is 2. The molecule has 2 fully saturated rings. The summed E-state index contributed by atoms with van der Waals surface area (Å²) < 4.78 is 24.2. The lowest BCUT2D eigenvalue weighted by Gasteiger charge is -2.41. The van der Waals surface area contributed by atoms with Crippen LogP contribution < -0.4 is 11.1 Å². The van der Waals surface area contributed by atoms with Gasteiger partial charge in [0.15, 0.2) is 11.6 Å². The van der Waals surface area contributed by atoms with Gasteiger partial charge < -0.3 is 11.1 Å². The van der Waals surface area contributed by atoms with E-state index >= 15 is 0 Å². The maximum atomic E-state index is 12.1. The molecule has 0 spiro atoms. The van der Waals surface area contributed by atoms with E-state index in [1.54, 1.807) is 35.1 Å². The second kappa shape index (κ2) is 14.5. The maximum Gasteiger partial charge on any atom is 0.315 e. The minimum absolute atomic E-state index is 0.00154.